The number of carbonyl (C=O) groups excluding carboxylic acids is 2. The third-order valence-corrected chi connectivity index (χ3v) is 2.25. The molecule has 3 N–H and O–H groups in total. The highest BCUT2D eigenvalue weighted by atomic mass is 16.6. The van der Waals surface area contributed by atoms with E-state index >= 15 is 0 Å². The molecule has 1 aromatic heterocycles. The van der Waals surface area contributed by atoms with Crippen LogP contribution in [0.15, 0.2) is 12.1 Å². The Morgan fingerprint density at radius 2 is 2.16 bits per heavy atom. The summed E-state index contributed by atoms with van der Waals surface area (Å²) in [5, 5.41) is 13.3. The second-order valence-electron chi connectivity index (χ2n) is 3.58. The van der Waals surface area contributed by atoms with Crippen molar-refractivity contribution in [3.63, 3.8) is 0 Å². The Morgan fingerprint density at radius 3 is 2.63 bits per heavy atom. The van der Waals surface area contributed by atoms with Crippen LogP contribution in [-0.2, 0) is 9.53 Å². The highest BCUT2D eigenvalue weighted by Gasteiger charge is 2.21. The van der Waals surface area contributed by atoms with Crippen molar-refractivity contribution < 1.29 is 19.2 Å². The fourth-order valence-electron chi connectivity index (χ4n) is 1.20. The molecule has 1 atom stereocenters. The summed E-state index contributed by atoms with van der Waals surface area (Å²) in [5.74, 6) is -1.68. The molecule has 0 saturated heterocycles. The quantitative estimate of drug-likeness (QED) is 0.437. The standard InChI is InChI=1S/C10H12N4O5/c1-5(8(11)15)12-9-7(14(17)18)4-3-6(13-9)10(16)19-2/h3-5H,1-2H3,(H2,11,15)(H,12,13). The molecule has 102 valence electrons. The van der Waals surface area contributed by atoms with Crippen LogP contribution in [0.25, 0.3) is 0 Å². The van der Waals surface area contributed by atoms with Gasteiger partial charge in [-0.3, -0.25) is 14.9 Å². The van der Waals surface area contributed by atoms with Crippen molar-refractivity contribution in [2.24, 2.45) is 5.73 Å². The smallest absolute Gasteiger partial charge is 0.356 e. The van der Waals surface area contributed by atoms with Crippen molar-refractivity contribution in [1.29, 1.82) is 0 Å². The van der Waals surface area contributed by atoms with Gasteiger partial charge in [0.2, 0.25) is 11.7 Å². The predicted molar refractivity (Wildman–Crippen MR) is 64.5 cm³/mol. The van der Waals surface area contributed by atoms with Crippen LogP contribution in [0, 0.1) is 10.1 Å². The van der Waals surface area contributed by atoms with Crippen LogP contribution in [0.1, 0.15) is 17.4 Å². The molecule has 0 saturated carbocycles. The number of nitrogens with two attached hydrogens (primary N) is 1. The van der Waals surface area contributed by atoms with Gasteiger partial charge in [-0.05, 0) is 13.0 Å². The third kappa shape index (κ3) is 3.37. The van der Waals surface area contributed by atoms with Crippen LogP contribution in [-0.4, -0.2) is 34.9 Å². The number of ether oxygens (including phenoxy) is 1. The molecule has 9 nitrogen and oxygen atoms in total. The number of nitrogens with one attached hydrogen (secondary N) is 1. The van der Waals surface area contributed by atoms with Gasteiger partial charge in [-0.2, -0.15) is 0 Å². The summed E-state index contributed by atoms with van der Waals surface area (Å²) in [6, 6.07) is 1.37. The monoisotopic (exact) mass is 268 g/mol. The largest absolute Gasteiger partial charge is 0.464 e. The van der Waals surface area contributed by atoms with Crippen LogP contribution in [0.2, 0.25) is 0 Å². The molecule has 1 aromatic rings. The van der Waals surface area contributed by atoms with Crippen LogP contribution < -0.4 is 11.1 Å². The molecular formula is C10H12N4O5. The number of pyridine rings is 1. The SMILES string of the molecule is COC(=O)c1ccc([N+](=O)[O-])c(NC(C)C(N)=O)n1. The van der Waals surface area contributed by atoms with E-state index in [0.29, 0.717) is 0 Å². The molecule has 0 aliphatic heterocycles. The minimum atomic E-state index is -0.876. The van der Waals surface area contributed by atoms with E-state index in [1.165, 1.54) is 6.92 Å². The van der Waals surface area contributed by atoms with Gasteiger partial charge >= 0.3 is 11.7 Å². The highest BCUT2D eigenvalue weighted by Crippen LogP contribution is 2.23. The third-order valence-electron chi connectivity index (χ3n) is 2.25. The molecule has 1 rings (SSSR count). The zero-order valence-corrected chi connectivity index (χ0v) is 10.2. The fourth-order valence-corrected chi connectivity index (χ4v) is 1.20. The molecule has 1 heterocycles. The lowest BCUT2D eigenvalue weighted by molar-refractivity contribution is -0.384. The normalized spacial score (nSPS) is 11.5. The number of nitrogens with zero attached hydrogens (tertiary/aromatic N) is 2. The molecule has 1 amide bonds. The van der Waals surface area contributed by atoms with Gasteiger partial charge in [0.25, 0.3) is 0 Å². The molecule has 9 heteroatoms. The maximum atomic E-state index is 11.3. The minimum Gasteiger partial charge on any atom is -0.464 e. The maximum Gasteiger partial charge on any atom is 0.356 e. The molecule has 0 radical (unpaired) electrons. The number of anilines is 1. The zero-order valence-electron chi connectivity index (χ0n) is 10.2. The number of hydrogen-bond acceptors (Lipinski definition) is 7. The number of rotatable bonds is 5. The topological polar surface area (TPSA) is 137 Å². The Bertz CT molecular complexity index is 531. The van der Waals surface area contributed by atoms with Crippen LogP contribution in [0.4, 0.5) is 11.5 Å². The van der Waals surface area contributed by atoms with Gasteiger partial charge < -0.3 is 15.8 Å². The van der Waals surface area contributed by atoms with E-state index in [0.717, 1.165) is 19.2 Å². The van der Waals surface area contributed by atoms with Crippen molar-refractivity contribution in [3.05, 3.63) is 27.9 Å². The Labute approximate surface area is 107 Å². The van der Waals surface area contributed by atoms with Crippen LogP contribution in [0.3, 0.4) is 0 Å². The van der Waals surface area contributed by atoms with Gasteiger partial charge in [0, 0.05) is 6.07 Å². The Hall–Kier alpha value is -2.71. The van der Waals surface area contributed by atoms with E-state index < -0.39 is 22.8 Å². The molecular weight excluding hydrogens is 256 g/mol. The van der Waals surface area contributed by atoms with Gasteiger partial charge in [0.15, 0.2) is 5.69 Å². The summed E-state index contributed by atoms with van der Waals surface area (Å²) in [6.07, 6.45) is 0. The molecule has 1 unspecified atom stereocenters. The minimum absolute atomic E-state index is 0.118. The van der Waals surface area contributed by atoms with Gasteiger partial charge in [0.05, 0.1) is 12.0 Å². The Morgan fingerprint density at radius 1 is 1.53 bits per heavy atom. The summed E-state index contributed by atoms with van der Waals surface area (Å²) >= 11 is 0. The lowest BCUT2D eigenvalue weighted by Gasteiger charge is -2.11. The second-order valence-corrected chi connectivity index (χ2v) is 3.58. The number of aromatic nitrogens is 1. The van der Waals surface area contributed by atoms with E-state index in [2.05, 4.69) is 15.0 Å². The number of esters is 1. The van der Waals surface area contributed by atoms with Crippen LogP contribution in [0.5, 0.6) is 0 Å². The van der Waals surface area contributed by atoms with Crippen LogP contribution >= 0.6 is 0 Å². The van der Waals surface area contributed by atoms with Crippen molar-refractivity contribution in [2.45, 2.75) is 13.0 Å². The number of methoxy groups -OCH3 is 1. The van der Waals surface area contributed by atoms with E-state index in [9.17, 15) is 19.7 Å². The maximum absolute atomic E-state index is 11.3. The summed E-state index contributed by atoms with van der Waals surface area (Å²) in [7, 11) is 1.16. The number of nitro groups is 1. The van der Waals surface area contributed by atoms with E-state index in [4.69, 9.17) is 5.73 Å². The summed E-state index contributed by atoms with van der Waals surface area (Å²) in [6.45, 7) is 1.42. The van der Waals surface area contributed by atoms with Gasteiger partial charge in [-0.15, -0.1) is 0 Å². The number of primary amides is 1. The summed E-state index contributed by atoms with van der Waals surface area (Å²) in [4.78, 5) is 36.1. The molecule has 0 aliphatic carbocycles. The van der Waals surface area contributed by atoms with Crippen molar-refractivity contribution in [1.82, 2.24) is 4.98 Å². The summed E-state index contributed by atoms with van der Waals surface area (Å²) in [5.41, 5.74) is 4.55. The van der Waals surface area contributed by atoms with E-state index in [-0.39, 0.29) is 17.2 Å². The van der Waals surface area contributed by atoms with Gasteiger partial charge in [-0.1, -0.05) is 0 Å². The van der Waals surface area contributed by atoms with Crippen molar-refractivity contribution in [3.8, 4) is 0 Å². The molecule has 0 fully saturated rings. The van der Waals surface area contributed by atoms with E-state index in [1.807, 2.05) is 0 Å². The van der Waals surface area contributed by atoms with Gasteiger partial charge in [0.1, 0.15) is 6.04 Å². The molecule has 0 bridgehead atoms. The average molecular weight is 268 g/mol. The highest BCUT2D eigenvalue weighted by molar-refractivity contribution is 5.89. The average Bonchev–Trinajstić information content (AvgIpc) is 2.37. The fraction of sp³-hybridized carbons (Fsp3) is 0.300. The lowest BCUT2D eigenvalue weighted by atomic mass is 10.2. The Balaban J connectivity index is 3.19. The zero-order chi connectivity index (χ0) is 14.6. The molecule has 19 heavy (non-hydrogen) atoms. The first-order valence-corrected chi connectivity index (χ1v) is 5.16. The second kappa shape index (κ2) is 5.76. The Kier molecular flexibility index (Phi) is 4.35. The molecule has 0 aromatic carbocycles. The first-order chi connectivity index (χ1) is 8.86. The first kappa shape index (κ1) is 14.4. The van der Waals surface area contributed by atoms with E-state index in [1.54, 1.807) is 0 Å². The predicted octanol–water partition coefficient (Wildman–Crippen LogP) is 0.0621. The van der Waals surface area contributed by atoms with Crippen molar-refractivity contribution >= 4 is 23.4 Å². The number of hydrogen-bond donors (Lipinski definition) is 2. The first-order valence-electron chi connectivity index (χ1n) is 5.16. The lowest BCUT2D eigenvalue weighted by Crippen LogP contribution is -2.33. The van der Waals surface area contributed by atoms with Crippen molar-refractivity contribution in [2.75, 3.05) is 12.4 Å². The molecule has 0 aliphatic rings. The number of carbonyl (C=O) groups is 2. The van der Waals surface area contributed by atoms with Gasteiger partial charge in [-0.25, -0.2) is 9.78 Å². The summed E-state index contributed by atoms with van der Waals surface area (Å²) < 4.78 is 4.45. The number of amides is 1. The molecule has 0 spiro atoms.